The average molecular weight is 433 g/mol. The molecule has 4 heteroatoms. The van der Waals surface area contributed by atoms with E-state index in [0.29, 0.717) is 0 Å². The number of benzene rings is 2. The second-order valence-electron chi connectivity index (χ2n) is 8.72. The lowest BCUT2D eigenvalue weighted by Gasteiger charge is -2.31. The fourth-order valence-corrected chi connectivity index (χ4v) is 5.57. The summed E-state index contributed by atoms with van der Waals surface area (Å²) < 4.78 is 0. The van der Waals surface area contributed by atoms with Crippen LogP contribution in [0.2, 0.25) is 0 Å². The van der Waals surface area contributed by atoms with Crippen LogP contribution in [0.15, 0.2) is 72.8 Å². The lowest BCUT2D eigenvalue weighted by Crippen LogP contribution is -2.34. The number of rotatable bonds is 8. The Morgan fingerprint density at radius 1 is 0.968 bits per heavy atom. The Balaban J connectivity index is 1.21. The summed E-state index contributed by atoms with van der Waals surface area (Å²) >= 11 is 1.89. The smallest absolute Gasteiger partial charge is 0.251 e. The zero-order chi connectivity index (χ0) is 21.5. The molecule has 162 valence electrons. The van der Waals surface area contributed by atoms with Crippen LogP contribution in [0, 0.1) is 5.92 Å². The second-order valence-corrected chi connectivity index (χ2v) is 9.97. The molecule has 1 fully saturated rings. The van der Waals surface area contributed by atoms with Gasteiger partial charge in [0.25, 0.3) is 5.91 Å². The van der Waals surface area contributed by atoms with Crippen LogP contribution in [0.4, 0.5) is 0 Å². The van der Waals surface area contributed by atoms with Gasteiger partial charge in [-0.3, -0.25) is 9.69 Å². The largest absolute Gasteiger partial charge is 0.349 e. The molecule has 3 nitrogen and oxygen atoms in total. The van der Waals surface area contributed by atoms with Gasteiger partial charge < -0.3 is 5.32 Å². The number of piperidine rings is 1. The van der Waals surface area contributed by atoms with Crippen molar-refractivity contribution in [3.63, 3.8) is 0 Å². The lowest BCUT2D eigenvalue weighted by molar-refractivity contribution is 0.0940. The zero-order valence-electron chi connectivity index (χ0n) is 18.3. The number of nitrogens with zero attached hydrogens (tertiary/aromatic N) is 1. The van der Waals surface area contributed by atoms with Crippen molar-refractivity contribution in [3.05, 3.63) is 93.7 Å². The highest BCUT2D eigenvalue weighted by Crippen LogP contribution is 2.25. The summed E-state index contributed by atoms with van der Waals surface area (Å²) in [7, 11) is 0. The van der Waals surface area contributed by atoms with Gasteiger partial charge in [-0.1, -0.05) is 48.5 Å². The third kappa shape index (κ3) is 6.52. The highest BCUT2D eigenvalue weighted by Gasteiger charge is 2.20. The molecule has 2 heterocycles. The molecule has 1 N–H and O–H groups in total. The van der Waals surface area contributed by atoms with E-state index >= 15 is 0 Å². The summed E-state index contributed by atoms with van der Waals surface area (Å²) in [5, 5.41) is 3.12. The van der Waals surface area contributed by atoms with Crippen molar-refractivity contribution in [1.29, 1.82) is 0 Å². The summed E-state index contributed by atoms with van der Waals surface area (Å²) in [5.74, 6) is 0.815. The van der Waals surface area contributed by atoms with Crippen LogP contribution in [-0.4, -0.2) is 29.9 Å². The van der Waals surface area contributed by atoms with Crippen molar-refractivity contribution in [2.24, 2.45) is 5.92 Å². The van der Waals surface area contributed by atoms with Crippen molar-refractivity contribution < 1.29 is 4.79 Å². The van der Waals surface area contributed by atoms with Gasteiger partial charge in [0.15, 0.2) is 0 Å². The lowest BCUT2D eigenvalue weighted by atomic mass is 9.90. The summed E-state index contributed by atoms with van der Waals surface area (Å²) in [4.78, 5) is 17.7. The van der Waals surface area contributed by atoms with E-state index in [-0.39, 0.29) is 11.9 Å². The Morgan fingerprint density at radius 3 is 2.32 bits per heavy atom. The first kappa shape index (κ1) is 21.8. The van der Waals surface area contributed by atoms with Crippen LogP contribution in [0.1, 0.15) is 45.4 Å². The van der Waals surface area contributed by atoms with Crippen molar-refractivity contribution in [2.45, 2.75) is 45.2 Å². The van der Waals surface area contributed by atoms with E-state index in [1.165, 1.54) is 47.7 Å². The van der Waals surface area contributed by atoms with Gasteiger partial charge in [-0.2, -0.15) is 0 Å². The fraction of sp³-hybridized carbons (Fsp3) is 0.370. The third-order valence-corrected chi connectivity index (χ3v) is 7.18. The van der Waals surface area contributed by atoms with Gasteiger partial charge in [-0.25, -0.2) is 0 Å². The molecule has 2 aromatic carbocycles. The molecular weight excluding hydrogens is 400 g/mol. The molecule has 0 aliphatic carbocycles. The van der Waals surface area contributed by atoms with E-state index in [1.807, 2.05) is 41.7 Å². The van der Waals surface area contributed by atoms with E-state index in [4.69, 9.17) is 0 Å². The molecule has 31 heavy (non-hydrogen) atoms. The quantitative estimate of drug-likeness (QED) is 0.505. The molecule has 1 unspecified atom stereocenters. The minimum absolute atomic E-state index is 0.00301. The molecular formula is C27H32N2OS. The Hall–Kier alpha value is -2.43. The van der Waals surface area contributed by atoms with Gasteiger partial charge in [0, 0.05) is 34.3 Å². The van der Waals surface area contributed by atoms with E-state index in [0.717, 1.165) is 24.4 Å². The fourth-order valence-electron chi connectivity index (χ4n) is 4.38. The van der Waals surface area contributed by atoms with Crippen molar-refractivity contribution in [1.82, 2.24) is 10.2 Å². The molecule has 0 saturated carbocycles. The van der Waals surface area contributed by atoms with Crippen LogP contribution in [0.25, 0.3) is 0 Å². The van der Waals surface area contributed by atoms with E-state index in [2.05, 4.69) is 59.6 Å². The van der Waals surface area contributed by atoms with Crippen LogP contribution < -0.4 is 5.32 Å². The maximum Gasteiger partial charge on any atom is 0.251 e. The summed E-state index contributed by atoms with van der Waals surface area (Å²) in [6.45, 7) is 5.51. The van der Waals surface area contributed by atoms with Gasteiger partial charge in [0.1, 0.15) is 0 Å². The number of nitrogens with one attached hydrogen (secondary N) is 1. The Labute approximate surface area is 190 Å². The molecule has 0 radical (unpaired) electrons. The van der Waals surface area contributed by atoms with Crippen molar-refractivity contribution in [2.75, 3.05) is 13.1 Å². The van der Waals surface area contributed by atoms with E-state index in [1.54, 1.807) is 0 Å². The predicted octanol–water partition coefficient (Wildman–Crippen LogP) is 5.56. The minimum atomic E-state index is 0.00301. The van der Waals surface area contributed by atoms with E-state index in [9.17, 15) is 4.79 Å². The zero-order valence-corrected chi connectivity index (χ0v) is 19.1. The van der Waals surface area contributed by atoms with Gasteiger partial charge in [0.2, 0.25) is 0 Å². The average Bonchev–Trinajstić information content (AvgIpc) is 3.23. The van der Waals surface area contributed by atoms with Crippen LogP contribution in [0.3, 0.4) is 0 Å². The maximum atomic E-state index is 12.3. The summed E-state index contributed by atoms with van der Waals surface area (Å²) in [5.41, 5.74) is 2.19. The molecule has 1 atom stereocenters. The van der Waals surface area contributed by atoms with Crippen LogP contribution in [-0.2, 0) is 19.4 Å². The molecule has 4 rings (SSSR count). The number of hydrogen-bond acceptors (Lipinski definition) is 3. The van der Waals surface area contributed by atoms with Crippen molar-refractivity contribution in [3.8, 4) is 0 Å². The number of likely N-dealkylation sites (tertiary alicyclic amines) is 1. The first-order chi connectivity index (χ1) is 15.2. The number of hydrogen-bond donors (Lipinski definition) is 1. The number of thiophene rings is 1. The first-order valence-electron chi connectivity index (χ1n) is 11.4. The van der Waals surface area contributed by atoms with Crippen LogP contribution >= 0.6 is 11.3 Å². The topological polar surface area (TPSA) is 32.3 Å². The minimum Gasteiger partial charge on any atom is -0.349 e. The standard InChI is InChI=1S/C27H32N2OS/c1-21(28-27(30)24-10-6-3-7-11-24)18-25-12-13-26(31-25)20-29-16-14-23(15-17-29)19-22-8-4-2-5-9-22/h2-13,21,23H,14-20H2,1H3,(H,28,30). The Kier molecular flexibility index (Phi) is 7.55. The van der Waals surface area contributed by atoms with E-state index < -0.39 is 0 Å². The molecule has 1 aliphatic heterocycles. The monoisotopic (exact) mass is 432 g/mol. The molecule has 1 saturated heterocycles. The molecule has 1 amide bonds. The SMILES string of the molecule is CC(Cc1ccc(CN2CCC(Cc3ccccc3)CC2)s1)NC(=O)c1ccccc1. The molecule has 1 aliphatic rings. The molecule has 3 aromatic rings. The number of carbonyl (C=O) groups excluding carboxylic acids is 1. The second kappa shape index (κ2) is 10.7. The maximum absolute atomic E-state index is 12.3. The first-order valence-corrected chi connectivity index (χ1v) is 12.2. The number of carbonyl (C=O) groups is 1. The van der Waals surface area contributed by atoms with Crippen LogP contribution in [0.5, 0.6) is 0 Å². The van der Waals surface area contributed by atoms with Gasteiger partial charge >= 0.3 is 0 Å². The Bertz CT molecular complexity index is 946. The summed E-state index contributed by atoms with van der Waals surface area (Å²) in [6.07, 6.45) is 4.66. The third-order valence-electron chi connectivity index (χ3n) is 6.09. The van der Waals surface area contributed by atoms with Gasteiger partial charge in [-0.15, -0.1) is 11.3 Å². The normalized spacial score (nSPS) is 16.2. The van der Waals surface area contributed by atoms with Crippen molar-refractivity contribution >= 4 is 17.2 Å². The molecule has 1 aromatic heterocycles. The van der Waals surface area contributed by atoms with Gasteiger partial charge in [-0.05, 0) is 75.0 Å². The highest BCUT2D eigenvalue weighted by atomic mass is 32.1. The molecule has 0 spiro atoms. The number of amides is 1. The highest BCUT2D eigenvalue weighted by molar-refractivity contribution is 7.11. The predicted molar refractivity (Wildman–Crippen MR) is 130 cm³/mol. The summed E-state index contributed by atoms with van der Waals surface area (Å²) in [6, 6.07) is 24.9. The van der Waals surface area contributed by atoms with Gasteiger partial charge in [0.05, 0.1) is 0 Å². The Morgan fingerprint density at radius 2 is 1.61 bits per heavy atom. The molecule has 0 bridgehead atoms.